The van der Waals surface area contributed by atoms with Crippen molar-refractivity contribution >= 4 is 5.95 Å². The van der Waals surface area contributed by atoms with Gasteiger partial charge >= 0.3 is 0 Å². The molecule has 1 aliphatic rings. The van der Waals surface area contributed by atoms with Crippen LogP contribution in [-0.4, -0.2) is 29.1 Å². The predicted molar refractivity (Wildman–Crippen MR) is 65.5 cm³/mol. The maximum Gasteiger partial charge on any atom is 0.222 e. The van der Waals surface area contributed by atoms with Gasteiger partial charge < -0.3 is 10.6 Å². The second kappa shape index (κ2) is 5.80. The average molecular weight is 220 g/mol. The first-order valence-electron chi connectivity index (χ1n) is 6.16. The van der Waals surface area contributed by atoms with Gasteiger partial charge in [0, 0.05) is 25.0 Å². The molecule has 2 heterocycles. The molecule has 0 aromatic carbocycles. The molecular formula is C12H20N4. The summed E-state index contributed by atoms with van der Waals surface area (Å²) in [6.07, 6.45) is 8.54. The van der Waals surface area contributed by atoms with Crippen LogP contribution >= 0.6 is 0 Å². The Bertz CT molecular complexity index is 303. The number of rotatable bonds is 5. The zero-order valence-corrected chi connectivity index (χ0v) is 9.87. The molecule has 1 aliphatic heterocycles. The topological polar surface area (TPSA) is 49.8 Å². The Morgan fingerprint density at radius 1 is 1.44 bits per heavy atom. The lowest BCUT2D eigenvalue weighted by Crippen LogP contribution is -2.24. The van der Waals surface area contributed by atoms with Crippen molar-refractivity contribution in [3.8, 4) is 0 Å². The van der Waals surface area contributed by atoms with Crippen LogP contribution in [0, 0.1) is 0 Å². The summed E-state index contributed by atoms with van der Waals surface area (Å²) in [7, 11) is 0. The van der Waals surface area contributed by atoms with E-state index in [-0.39, 0.29) is 0 Å². The van der Waals surface area contributed by atoms with Crippen molar-refractivity contribution in [2.45, 2.75) is 38.6 Å². The molecule has 1 aromatic rings. The lowest BCUT2D eigenvalue weighted by atomic mass is 10.1. The van der Waals surface area contributed by atoms with E-state index in [9.17, 15) is 0 Å². The van der Waals surface area contributed by atoms with Crippen molar-refractivity contribution in [2.24, 2.45) is 0 Å². The highest BCUT2D eigenvalue weighted by Crippen LogP contribution is 2.08. The molecule has 0 amide bonds. The quantitative estimate of drug-likeness (QED) is 0.791. The zero-order valence-electron chi connectivity index (χ0n) is 9.87. The van der Waals surface area contributed by atoms with Crippen molar-refractivity contribution in [1.29, 1.82) is 0 Å². The maximum absolute atomic E-state index is 4.27. The molecule has 0 spiro atoms. The van der Waals surface area contributed by atoms with Gasteiger partial charge in [0.2, 0.25) is 5.95 Å². The molecule has 0 saturated carbocycles. The van der Waals surface area contributed by atoms with Crippen LogP contribution in [0.25, 0.3) is 0 Å². The minimum atomic E-state index is 0.683. The number of aromatic nitrogens is 2. The lowest BCUT2D eigenvalue weighted by molar-refractivity contribution is 0.573. The Kier molecular flexibility index (Phi) is 4.10. The zero-order chi connectivity index (χ0) is 11.2. The standard InChI is InChI=1S/C12H20N4/c1-2-10-8-15-12(16-9-10)14-7-5-11-4-3-6-13-11/h8-9,11,13H,2-7H2,1H3,(H,14,15,16). The molecule has 1 atom stereocenters. The van der Waals surface area contributed by atoms with E-state index in [1.807, 2.05) is 12.4 Å². The molecule has 4 nitrogen and oxygen atoms in total. The Labute approximate surface area is 96.9 Å². The van der Waals surface area contributed by atoms with Gasteiger partial charge in [-0.05, 0) is 37.8 Å². The summed E-state index contributed by atoms with van der Waals surface area (Å²) in [5.41, 5.74) is 1.18. The van der Waals surface area contributed by atoms with Crippen LogP contribution < -0.4 is 10.6 Å². The molecule has 1 saturated heterocycles. The van der Waals surface area contributed by atoms with Crippen LogP contribution in [-0.2, 0) is 6.42 Å². The van der Waals surface area contributed by atoms with E-state index in [4.69, 9.17) is 0 Å². The fourth-order valence-electron chi connectivity index (χ4n) is 1.99. The molecule has 2 N–H and O–H groups in total. The van der Waals surface area contributed by atoms with Gasteiger partial charge in [-0.3, -0.25) is 0 Å². The largest absolute Gasteiger partial charge is 0.354 e. The van der Waals surface area contributed by atoms with Crippen molar-refractivity contribution in [3.63, 3.8) is 0 Å². The Morgan fingerprint density at radius 3 is 2.88 bits per heavy atom. The second-order valence-electron chi connectivity index (χ2n) is 4.28. The van der Waals surface area contributed by atoms with Crippen LogP contribution in [0.1, 0.15) is 31.7 Å². The molecule has 16 heavy (non-hydrogen) atoms. The molecule has 1 aromatic heterocycles. The van der Waals surface area contributed by atoms with Gasteiger partial charge in [-0.1, -0.05) is 6.92 Å². The molecule has 88 valence electrons. The minimum Gasteiger partial charge on any atom is -0.354 e. The van der Waals surface area contributed by atoms with E-state index >= 15 is 0 Å². The highest BCUT2D eigenvalue weighted by Gasteiger charge is 2.12. The Hall–Kier alpha value is -1.16. The molecule has 4 heteroatoms. The molecule has 1 unspecified atom stereocenters. The third-order valence-electron chi connectivity index (χ3n) is 3.05. The number of hydrogen-bond donors (Lipinski definition) is 2. The summed E-state index contributed by atoms with van der Waals surface area (Å²) in [5.74, 6) is 0.746. The van der Waals surface area contributed by atoms with Gasteiger partial charge in [-0.15, -0.1) is 0 Å². The first kappa shape index (κ1) is 11.3. The van der Waals surface area contributed by atoms with E-state index in [0.29, 0.717) is 6.04 Å². The fraction of sp³-hybridized carbons (Fsp3) is 0.667. The fourth-order valence-corrected chi connectivity index (χ4v) is 1.99. The van der Waals surface area contributed by atoms with Crippen LogP contribution in [0.5, 0.6) is 0 Å². The number of aryl methyl sites for hydroxylation is 1. The van der Waals surface area contributed by atoms with E-state index < -0.39 is 0 Å². The summed E-state index contributed by atoms with van der Waals surface area (Å²) in [6, 6.07) is 0.683. The summed E-state index contributed by atoms with van der Waals surface area (Å²) in [6.45, 7) is 4.23. The Balaban J connectivity index is 1.71. The SMILES string of the molecule is CCc1cnc(NCCC2CCCN2)nc1. The number of nitrogens with one attached hydrogen (secondary N) is 2. The van der Waals surface area contributed by atoms with Crippen molar-refractivity contribution in [2.75, 3.05) is 18.4 Å². The minimum absolute atomic E-state index is 0.683. The molecule has 2 rings (SSSR count). The summed E-state index contributed by atoms with van der Waals surface area (Å²) in [5, 5.41) is 6.74. The Morgan fingerprint density at radius 2 is 2.25 bits per heavy atom. The maximum atomic E-state index is 4.27. The predicted octanol–water partition coefficient (Wildman–Crippen LogP) is 1.59. The van der Waals surface area contributed by atoms with Gasteiger partial charge in [0.15, 0.2) is 0 Å². The van der Waals surface area contributed by atoms with Gasteiger partial charge in [0.05, 0.1) is 0 Å². The van der Waals surface area contributed by atoms with Gasteiger partial charge in [0.1, 0.15) is 0 Å². The normalized spacial score (nSPS) is 19.9. The van der Waals surface area contributed by atoms with Gasteiger partial charge in [-0.2, -0.15) is 0 Å². The molecular weight excluding hydrogens is 200 g/mol. The highest BCUT2D eigenvalue weighted by molar-refractivity contribution is 5.24. The van der Waals surface area contributed by atoms with Gasteiger partial charge in [-0.25, -0.2) is 9.97 Å². The first-order chi connectivity index (χ1) is 7.88. The van der Waals surface area contributed by atoms with Crippen LogP contribution in [0.15, 0.2) is 12.4 Å². The summed E-state index contributed by atoms with van der Waals surface area (Å²) >= 11 is 0. The van der Waals surface area contributed by atoms with Crippen molar-refractivity contribution in [3.05, 3.63) is 18.0 Å². The molecule has 0 bridgehead atoms. The number of nitrogens with zero attached hydrogens (tertiary/aromatic N) is 2. The summed E-state index contributed by atoms with van der Waals surface area (Å²) in [4.78, 5) is 8.54. The third kappa shape index (κ3) is 3.17. The van der Waals surface area contributed by atoms with E-state index in [0.717, 1.165) is 25.3 Å². The lowest BCUT2D eigenvalue weighted by Gasteiger charge is -2.10. The van der Waals surface area contributed by atoms with Crippen LogP contribution in [0.3, 0.4) is 0 Å². The highest BCUT2D eigenvalue weighted by atomic mass is 15.1. The first-order valence-corrected chi connectivity index (χ1v) is 6.16. The van der Waals surface area contributed by atoms with Gasteiger partial charge in [0.25, 0.3) is 0 Å². The molecule has 0 radical (unpaired) electrons. The molecule has 0 aliphatic carbocycles. The smallest absolute Gasteiger partial charge is 0.222 e. The van der Waals surface area contributed by atoms with E-state index in [2.05, 4.69) is 27.5 Å². The number of anilines is 1. The van der Waals surface area contributed by atoms with Crippen molar-refractivity contribution < 1.29 is 0 Å². The third-order valence-corrected chi connectivity index (χ3v) is 3.05. The molecule has 1 fully saturated rings. The second-order valence-corrected chi connectivity index (χ2v) is 4.28. The van der Waals surface area contributed by atoms with E-state index in [1.54, 1.807) is 0 Å². The van der Waals surface area contributed by atoms with E-state index in [1.165, 1.54) is 24.9 Å². The van der Waals surface area contributed by atoms with Crippen molar-refractivity contribution in [1.82, 2.24) is 15.3 Å². The van der Waals surface area contributed by atoms with Crippen LogP contribution in [0.4, 0.5) is 5.95 Å². The monoisotopic (exact) mass is 220 g/mol. The van der Waals surface area contributed by atoms with Crippen LogP contribution in [0.2, 0.25) is 0 Å². The average Bonchev–Trinajstić information content (AvgIpc) is 2.83. The summed E-state index contributed by atoms with van der Waals surface area (Å²) < 4.78 is 0. The number of hydrogen-bond acceptors (Lipinski definition) is 4.